The Bertz CT molecular complexity index is 2520. The highest BCUT2D eigenvalue weighted by Gasteiger charge is 2.18. The number of furan rings is 1. The zero-order chi connectivity index (χ0) is 31.9. The van der Waals surface area contributed by atoms with Gasteiger partial charge in [0.25, 0.3) is 0 Å². The second-order valence-electron chi connectivity index (χ2n) is 12.2. The van der Waals surface area contributed by atoms with Gasteiger partial charge >= 0.3 is 0 Å². The molecule has 0 unspecified atom stereocenters. The van der Waals surface area contributed by atoms with E-state index in [0.29, 0.717) is 0 Å². The molecule has 0 N–H and O–H groups in total. The summed E-state index contributed by atoms with van der Waals surface area (Å²) < 4.78 is 6.58. The highest BCUT2D eigenvalue weighted by Crippen LogP contribution is 2.43. The van der Waals surface area contributed by atoms with Gasteiger partial charge in [-0.2, -0.15) is 0 Å². The first kappa shape index (κ1) is 27.9. The molecule has 48 heavy (non-hydrogen) atoms. The molecular formula is C46H31NO. The van der Waals surface area contributed by atoms with Crippen molar-refractivity contribution in [1.29, 1.82) is 0 Å². The van der Waals surface area contributed by atoms with Crippen molar-refractivity contribution in [3.05, 3.63) is 188 Å². The Morgan fingerprint density at radius 3 is 1.52 bits per heavy atom. The van der Waals surface area contributed by atoms with Gasteiger partial charge in [0.05, 0.1) is 0 Å². The summed E-state index contributed by atoms with van der Waals surface area (Å²) in [5.74, 6) is 0. The molecule has 0 amide bonds. The van der Waals surface area contributed by atoms with Crippen molar-refractivity contribution in [2.24, 2.45) is 0 Å². The fourth-order valence-electron chi connectivity index (χ4n) is 6.90. The molecule has 9 rings (SSSR count). The number of benzene rings is 8. The molecule has 1 heterocycles. The van der Waals surface area contributed by atoms with Crippen molar-refractivity contribution in [1.82, 2.24) is 0 Å². The number of para-hydroxylation sites is 2. The molecule has 0 radical (unpaired) electrons. The van der Waals surface area contributed by atoms with E-state index in [1.54, 1.807) is 0 Å². The van der Waals surface area contributed by atoms with Crippen LogP contribution in [0.15, 0.2) is 192 Å². The quantitative estimate of drug-likeness (QED) is 0.185. The normalized spacial score (nSPS) is 11.3. The van der Waals surface area contributed by atoms with Crippen LogP contribution in [0.4, 0.5) is 17.1 Å². The van der Waals surface area contributed by atoms with E-state index in [1.807, 2.05) is 6.07 Å². The van der Waals surface area contributed by atoms with Gasteiger partial charge in [-0.25, -0.2) is 0 Å². The summed E-state index contributed by atoms with van der Waals surface area (Å²) in [6, 6.07) is 66.8. The number of hydrogen-bond donors (Lipinski definition) is 0. The maximum absolute atomic E-state index is 6.58. The van der Waals surface area contributed by atoms with Crippen LogP contribution in [-0.2, 0) is 0 Å². The molecule has 0 aliphatic carbocycles. The summed E-state index contributed by atoms with van der Waals surface area (Å²) in [6.45, 7) is 0. The van der Waals surface area contributed by atoms with Crippen molar-refractivity contribution in [2.75, 3.05) is 4.90 Å². The molecule has 2 nitrogen and oxygen atoms in total. The second-order valence-corrected chi connectivity index (χ2v) is 12.2. The lowest BCUT2D eigenvalue weighted by atomic mass is 9.93. The van der Waals surface area contributed by atoms with Crippen molar-refractivity contribution in [3.8, 4) is 33.4 Å². The third-order valence-corrected chi connectivity index (χ3v) is 9.25. The Hall–Kier alpha value is -6.38. The van der Waals surface area contributed by atoms with E-state index in [2.05, 4.69) is 187 Å². The van der Waals surface area contributed by atoms with E-state index in [0.717, 1.165) is 60.9 Å². The van der Waals surface area contributed by atoms with E-state index < -0.39 is 0 Å². The van der Waals surface area contributed by atoms with Crippen molar-refractivity contribution in [2.45, 2.75) is 0 Å². The predicted molar refractivity (Wildman–Crippen MR) is 202 cm³/mol. The molecule has 9 aromatic rings. The third kappa shape index (κ3) is 4.92. The summed E-state index contributed by atoms with van der Waals surface area (Å²) in [7, 11) is 0. The monoisotopic (exact) mass is 613 g/mol. The molecule has 8 aromatic carbocycles. The Morgan fingerprint density at radius 1 is 0.354 bits per heavy atom. The third-order valence-electron chi connectivity index (χ3n) is 9.25. The molecule has 0 saturated carbocycles. The topological polar surface area (TPSA) is 16.4 Å². The van der Waals surface area contributed by atoms with Crippen LogP contribution in [0.3, 0.4) is 0 Å². The lowest BCUT2D eigenvalue weighted by Crippen LogP contribution is -2.09. The van der Waals surface area contributed by atoms with E-state index in [1.165, 1.54) is 22.3 Å². The average Bonchev–Trinajstić information content (AvgIpc) is 3.56. The SMILES string of the molecule is c1ccc(-c2ccc(N(c3ccccc3)c3ccc(-c4cc5cc(-c6ccccc6)ccc5c5oc6ccccc6c45)cc3)cc2)cc1. The van der Waals surface area contributed by atoms with Gasteiger partial charge in [0.1, 0.15) is 11.2 Å². The van der Waals surface area contributed by atoms with Gasteiger partial charge in [-0.15, -0.1) is 0 Å². The van der Waals surface area contributed by atoms with Gasteiger partial charge in [-0.05, 0) is 99.4 Å². The minimum absolute atomic E-state index is 0.902. The molecule has 0 aliphatic heterocycles. The summed E-state index contributed by atoms with van der Waals surface area (Å²) in [6.07, 6.45) is 0. The minimum atomic E-state index is 0.902. The molecule has 0 aliphatic rings. The van der Waals surface area contributed by atoms with Crippen LogP contribution in [0, 0.1) is 0 Å². The van der Waals surface area contributed by atoms with E-state index >= 15 is 0 Å². The van der Waals surface area contributed by atoms with Crippen LogP contribution < -0.4 is 4.90 Å². The molecule has 0 atom stereocenters. The lowest BCUT2D eigenvalue weighted by Gasteiger charge is -2.26. The summed E-state index contributed by atoms with van der Waals surface area (Å²) in [5.41, 5.74) is 12.3. The number of nitrogens with zero attached hydrogens (tertiary/aromatic N) is 1. The van der Waals surface area contributed by atoms with E-state index in [9.17, 15) is 0 Å². The van der Waals surface area contributed by atoms with Gasteiger partial charge in [0.2, 0.25) is 0 Å². The van der Waals surface area contributed by atoms with Crippen molar-refractivity contribution >= 4 is 49.8 Å². The van der Waals surface area contributed by atoms with Gasteiger partial charge in [0.15, 0.2) is 0 Å². The van der Waals surface area contributed by atoms with Crippen LogP contribution in [-0.4, -0.2) is 0 Å². The van der Waals surface area contributed by atoms with Crippen LogP contribution >= 0.6 is 0 Å². The maximum Gasteiger partial charge on any atom is 0.143 e. The largest absolute Gasteiger partial charge is 0.455 e. The Balaban J connectivity index is 1.18. The fraction of sp³-hybridized carbons (Fsp3) is 0. The van der Waals surface area contributed by atoms with Crippen LogP contribution in [0.5, 0.6) is 0 Å². The average molecular weight is 614 g/mol. The van der Waals surface area contributed by atoms with Crippen molar-refractivity contribution < 1.29 is 4.42 Å². The van der Waals surface area contributed by atoms with E-state index in [4.69, 9.17) is 4.42 Å². The smallest absolute Gasteiger partial charge is 0.143 e. The van der Waals surface area contributed by atoms with Gasteiger partial charge in [-0.1, -0.05) is 127 Å². The summed E-state index contributed by atoms with van der Waals surface area (Å²) in [4.78, 5) is 2.31. The number of hydrogen-bond acceptors (Lipinski definition) is 2. The van der Waals surface area contributed by atoms with Gasteiger partial charge in [0, 0.05) is 33.2 Å². The molecule has 0 fully saturated rings. The minimum Gasteiger partial charge on any atom is -0.455 e. The first-order valence-corrected chi connectivity index (χ1v) is 16.3. The van der Waals surface area contributed by atoms with Gasteiger partial charge in [-0.3, -0.25) is 0 Å². The Kier molecular flexibility index (Phi) is 6.84. The summed E-state index contributed by atoms with van der Waals surface area (Å²) >= 11 is 0. The molecule has 226 valence electrons. The molecule has 1 aromatic heterocycles. The molecule has 2 heteroatoms. The zero-order valence-corrected chi connectivity index (χ0v) is 26.3. The number of anilines is 3. The predicted octanol–water partition coefficient (Wildman–Crippen LogP) is 13.2. The first-order valence-electron chi connectivity index (χ1n) is 16.3. The highest BCUT2D eigenvalue weighted by molar-refractivity contribution is 6.21. The Morgan fingerprint density at radius 2 is 0.854 bits per heavy atom. The number of fused-ring (bicyclic) bond motifs is 5. The lowest BCUT2D eigenvalue weighted by molar-refractivity contribution is 0.673. The van der Waals surface area contributed by atoms with E-state index in [-0.39, 0.29) is 0 Å². The highest BCUT2D eigenvalue weighted by atomic mass is 16.3. The van der Waals surface area contributed by atoms with Crippen LogP contribution in [0.1, 0.15) is 0 Å². The molecular weight excluding hydrogens is 583 g/mol. The van der Waals surface area contributed by atoms with Crippen LogP contribution in [0.25, 0.3) is 66.1 Å². The van der Waals surface area contributed by atoms with Crippen LogP contribution in [0.2, 0.25) is 0 Å². The standard InChI is InChI=1S/C46H31NO/c1-4-12-32(13-5-1)34-20-25-39(26-21-34)47(38-16-8-3-9-17-38)40-27-22-35(23-28-40)43-31-37-30-36(33-14-6-2-7-15-33)24-29-41(37)46-45(43)42-18-10-11-19-44(42)48-46/h1-31H. The number of rotatable bonds is 6. The zero-order valence-electron chi connectivity index (χ0n) is 26.3. The first-order chi connectivity index (χ1) is 23.8. The second kappa shape index (κ2) is 11.8. The van der Waals surface area contributed by atoms with Gasteiger partial charge < -0.3 is 9.32 Å². The molecule has 0 bridgehead atoms. The maximum atomic E-state index is 6.58. The molecule has 0 spiro atoms. The fourth-order valence-corrected chi connectivity index (χ4v) is 6.90. The molecule has 0 saturated heterocycles. The van der Waals surface area contributed by atoms with Crippen molar-refractivity contribution in [3.63, 3.8) is 0 Å². The Labute approximate surface area is 279 Å². The summed E-state index contributed by atoms with van der Waals surface area (Å²) in [5, 5.41) is 4.56.